The van der Waals surface area contributed by atoms with Crippen LogP contribution in [0.3, 0.4) is 0 Å². The summed E-state index contributed by atoms with van der Waals surface area (Å²) in [7, 11) is 0. The lowest BCUT2D eigenvalue weighted by Gasteiger charge is -2.67. The molecule has 2 unspecified atom stereocenters. The summed E-state index contributed by atoms with van der Waals surface area (Å²) >= 11 is 0. The molecule has 3 aliphatic carbocycles. The Bertz CT molecular complexity index is 869. The van der Waals surface area contributed by atoms with Crippen molar-refractivity contribution in [1.82, 2.24) is 0 Å². The second-order valence-electron chi connectivity index (χ2n) is 13.3. The molecule has 0 amide bonds. The van der Waals surface area contributed by atoms with E-state index in [9.17, 15) is 9.59 Å². The smallest absolute Gasteiger partial charge is 0.311 e. The largest absolute Gasteiger partial charge is 0.459 e. The third-order valence-electron chi connectivity index (χ3n) is 11.3. The highest BCUT2D eigenvalue weighted by molar-refractivity contribution is 5.74. The van der Waals surface area contributed by atoms with Crippen molar-refractivity contribution in [2.75, 3.05) is 0 Å². The Balaban J connectivity index is 1.39. The van der Waals surface area contributed by atoms with Crippen LogP contribution in [0.15, 0.2) is 0 Å². The highest BCUT2D eigenvalue weighted by atomic mass is 16.8. The van der Waals surface area contributed by atoms with Gasteiger partial charge in [0.25, 0.3) is 0 Å². The molecule has 3 heterocycles. The van der Waals surface area contributed by atoms with Gasteiger partial charge in [0.15, 0.2) is 11.9 Å². The molecule has 3 saturated heterocycles. The van der Waals surface area contributed by atoms with Crippen molar-refractivity contribution < 1.29 is 28.5 Å². The molecule has 33 heavy (non-hydrogen) atoms. The maximum atomic E-state index is 12.2. The first-order chi connectivity index (χ1) is 15.5. The summed E-state index contributed by atoms with van der Waals surface area (Å²) in [6.07, 6.45) is 7.84. The third-order valence-corrected chi connectivity index (χ3v) is 11.3. The van der Waals surface area contributed by atoms with Crippen molar-refractivity contribution in [3.05, 3.63) is 0 Å². The second-order valence-corrected chi connectivity index (χ2v) is 13.3. The number of fused-ring (bicyclic) bond motifs is 7. The summed E-state index contributed by atoms with van der Waals surface area (Å²) in [6.45, 7) is 11.5. The zero-order valence-electron chi connectivity index (χ0n) is 20.9. The van der Waals surface area contributed by atoms with Gasteiger partial charge in [-0.3, -0.25) is 9.59 Å². The maximum Gasteiger partial charge on any atom is 0.311 e. The molecule has 6 heteroatoms. The molecule has 6 nitrogen and oxygen atoms in total. The van der Waals surface area contributed by atoms with Gasteiger partial charge in [-0.15, -0.1) is 0 Å². The van der Waals surface area contributed by atoms with Gasteiger partial charge in [-0.05, 0) is 78.9 Å². The Hall–Kier alpha value is -1.14. The number of carbonyl (C=O) groups excluding carboxylic acids is 2. The molecule has 2 bridgehead atoms. The predicted molar refractivity (Wildman–Crippen MR) is 120 cm³/mol. The quantitative estimate of drug-likeness (QED) is 0.514. The first-order valence-electron chi connectivity index (χ1n) is 13.2. The van der Waals surface area contributed by atoms with Gasteiger partial charge in [-0.2, -0.15) is 0 Å². The van der Waals surface area contributed by atoms with Gasteiger partial charge in [0.2, 0.25) is 6.29 Å². The van der Waals surface area contributed by atoms with Crippen molar-refractivity contribution in [1.29, 1.82) is 0 Å². The minimum Gasteiger partial charge on any atom is -0.459 e. The van der Waals surface area contributed by atoms with Crippen LogP contribution in [0, 0.1) is 39.9 Å². The molecule has 6 aliphatic rings. The van der Waals surface area contributed by atoms with Crippen LogP contribution in [0.1, 0.15) is 92.4 Å². The average Bonchev–Trinajstić information content (AvgIpc) is 3.15. The Labute approximate surface area is 197 Å². The third kappa shape index (κ3) is 2.92. The van der Waals surface area contributed by atoms with Gasteiger partial charge in [0, 0.05) is 12.8 Å². The fourth-order valence-corrected chi connectivity index (χ4v) is 10.1. The first-order valence-corrected chi connectivity index (χ1v) is 13.2. The topological polar surface area (TPSA) is 71.1 Å². The van der Waals surface area contributed by atoms with Gasteiger partial charge in [0.1, 0.15) is 6.10 Å². The van der Waals surface area contributed by atoms with Crippen molar-refractivity contribution in [2.24, 2.45) is 39.9 Å². The van der Waals surface area contributed by atoms with Crippen molar-refractivity contribution in [2.45, 2.75) is 117 Å². The van der Waals surface area contributed by atoms with E-state index in [2.05, 4.69) is 27.7 Å². The fraction of sp³-hybridized carbons (Fsp3) is 0.926. The summed E-state index contributed by atoms with van der Waals surface area (Å²) < 4.78 is 24.2. The molecule has 184 valence electrons. The van der Waals surface area contributed by atoms with Gasteiger partial charge in [-0.25, -0.2) is 0 Å². The summed E-state index contributed by atoms with van der Waals surface area (Å²) in [4.78, 5) is 24.4. The molecule has 6 rings (SSSR count). The van der Waals surface area contributed by atoms with Crippen LogP contribution in [0.4, 0.5) is 0 Å². The van der Waals surface area contributed by atoms with Crippen LogP contribution in [0.2, 0.25) is 0 Å². The monoisotopic (exact) mass is 460 g/mol. The Kier molecular flexibility index (Phi) is 4.71. The molecule has 6 fully saturated rings. The Morgan fingerprint density at radius 3 is 2.55 bits per heavy atom. The van der Waals surface area contributed by atoms with Crippen LogP contribution in [0.5, 0.6) is 0 Å². The lowest BCUT2D eigenvalue weighted by atomic mass is 9.38. The van der Waals surface area contributed by atoms with Crippen LogP contribution in [-0.4, -0.2) is 36.2 Å². The maximum absolute atomic E-state index is 12.2. The molecule has 0 N–H and O–H groups in total. The van der Waals surface area contributed by atoms with Crippen LogP contribution in [-0.2, 0) is 28.5 Å². The van der Waals surface area contributed by atoms with E-state index >= 15 is 0 Å². The normalized spacial score (nSPS) is 54.2. The molecule has 10 atom stereocenters. The zero-order chi connectivity index (χ0) is 23.4. The molecule has 0 radical (unpaired) electrons. The molecule has 0 aromatic carbocycles. The minimum absolute atomic E-state index is 0.0969. The molecule has 1 spiro atoms. The van der Waals surface area contributed by atoms with Crippen molar-refractivity contribution in [3.8, 4) is 0 Å². The van der Waals surface area contributed by atoms with E-state index in [0.29, 0.717) is 22.7 Å². The lowest BCUT2D eigenvalue weighted by Crippen LogP contribution is -2.60. The zero-order valence-corrected chi connectivity index (χ0v) is 20.9. The summed E-state index contributed by atoms with van der Waals surface area (Å²) in [5.41, 5.74) is -0.109. The second kappa shape index (κ2) is 6.96. The fourth-order valence-electron chi connectivity index (χ4n) is 10.1. The Morgan fingerprint density at radius 1 is 1.00 bits per heavy atom. The minimum atomic E-state index is -0.995. The molecule has 3 aliphatic heterocycles. The number of hydrogen-bond acceptors (Lipinski definition) is 6. The number of carbonyl (C=O) groups is 2. The van der Waals surface area contributed by atoms with E-state index in [1.807, 2.05) is 0 Å². The van der Waals surface area contributed by atoms with Crippen LogP contribution < -0.4 is 0 Å². The lowest BCUT2D eigenvalue weighted by molar-refractivity contribution is -0.222. The van der Waals surface area contributed by atoms with Crippen molar-refractivity contribution in [3.63, 3.8) is 0 Å². The SMILES string of the molecule is CC(=O)O[C@@H]1C[C@@H]2[C@H](CCC3[C@@]4(C)CCCC(C)(C)C4CC[C@]32C)[C@@H]2O[C@@H]3OC(=O)C[C@]31O2. The van der Waals surface area contributed by atoms with Gasteiger partial charge < -0.3 is 18.9 Å². The van der Waals surface area contributed by atoms with Crippen LogP contribution >= 0.6 is 0 Å². The molecule has 3 saturated carbocycles. The number of esters is 2. The molecular weight excluding hydrogens is 420 g/mol. The Morgan fingerprint density at radius 2 is 1.79 bits per heavy atom. The predicted octanol–water partition coefficient (Wildman–Crippen LogP) is 4.98. The van der Waals surface area contributed by atoms with Gasteiger partial charge in [0.05, 0.1) is 6.42 Å². The molecular formula is C27H40O6. The number of rotatable bonds is 1. The van der Waals surface area contributed by atoms with Crippen LogP contribution in [0.25, 0.3) is 0 Å². The number of ether oxygens (including phenoxy) is 4. The van der Waals surface area contributed by atoms with E-state index < -0.39 is 18.0 Å². The van der Waals surface area contributed by atoms with Crippen molar-refractivity contribution >= 4 is 11.9 Å². The summed E-state index contributed by atoms with van der Waals surface area (Å²) in [6, 6.07) is 0. The highest BCUT2D eigenvalue weighted by Gasteiger charge is 2.71. The molecule has 0 aromatic rings. The first kappa shape index (κ1) is 22.3. The van der Waals surface area contributed by atoms with E-state index in [0.717, 1.165) is 18.8 Å². The van der Waals surface area contributed by atoms with Gasteiger partial charge >= 0.3 is 11.9 Å². The van der Waals surface area contributed by atoms with E-state index in [1.165, 1.54) is 45.4 Å². The number of hydrogen-bond donors (Lipinski definition) is 0. The highest BCUT2D eigenvalue weighted by Crippen LogP contribution is 2.71. The van der Waals surface area contributed by atoms with E-state index in [-0.39, 0.29) is 36.0 Å². The van der Waals surface area contributed by atoms with Gasteiger partial charge in [-0.1, -0.05) is 34.1 Å². The average molecular weight is 461 g/mol. The standard InChI is InChI=1S/C27H40O6/c1-15(28)30-20-13-17-16(22-32-23-27(20,33-22)14-21(29)31-23)7-8-19-25(17,4)12-9-18-24(2,3)10-6-11-26(18,19)5/h16-20,22-23H,6-14H2,1-5H3/t16-,17+,18?,19?,20+,22+,23-,25-,26-,27+/m0/s1. The molecule has 0 aromatic heterocycles. The summed E-state index contributed by atoms with van der Waals surface area (Å²) in [5, 5.41) is 0. The summed E-state index contributed by atoms with van der Waals surface area (Å²) in [5.74, 6) is 1.32. The van der Waals surface area contributed by atoms with E-state index in [4.69, 9.17) is 18.9 Å². The van der Waals surface area contributed by atoms with E-state index in [1.54, 1.807) is 0 Å².